The Kier molecular flexibility index (Phi) is 6.72. The van der Waals surface area contributed by atoms with Gasteiger partial charge >= 0.3 is 6.18 Å². The standard InChI is InChI=1S/C15H15F3N2O3/c1-23-7-3-6-20-14(22)12(9-19)13(21)10-4-2-5-11(8-10)15(16,17)18/h2,4-5,8,12H,3,6-7H2,1H3,(H,20,22)/t12-/m0/s1. The van der Waals surface area contributed by atoms with Crippen LogP contribution in [0, 0.1) is 17.2 Å². The Hall–Kier alpha value is -2.40. The number of amides is 1. The van der Waals surface area contributed by atoms with E-state index in [1.807, 2.05) is 0 Å². The Morgan fingerprint density at radius 2 is 2.09 bits per heavy atom. The van der Waals surface area contributed by atoms with E-state index < -0.39 is 29.3 Å². The fraction of sp³-hybridized carbons (Fsp3) is 0.400. The van der Waals surface area contributed by atoms with Gasteiger partial charge in [0.05, 0.1) is 11.6 Å². The fourth-order valence-corrected chi connectivity index (χ4v) is 1.78. The Balaban J connectivity index is 2.85. The molecule has 0 saturated heterocycles. The molecule has 1 amide bonds. The number of ether oxygens (including phenoxy) is 1. The average molecular weight is 328 g/mol. The molecule has 1 N–H and O–H groups in total. The third-order valence-corrected chi connectivity index (χ3v) is 2.95. The van der Waals surface area contributed by atoms with Crippen LogP contribution in [0.25, 0.3) is 0 Å². The van der Waals surface area contributed by atoms with Crippen molar-refractivity contribution >= 4 is 11.7 Å². The van der Waals surface area contributed by atoms with Gasteiger partial charge in [-0.25, -0.2) is 0 Å². The monoisotopic (exact) mass is 328 g/mol. The zero-order chi connectivity index (χ0) is 17.5. The lowest BCUT2D eigenvalue weighted by atomic mass is 9.96. The number of Topliss-reactive ketones (excluding diaryl/α,β-unsaturated/α-hetero) is 1. The molecular weight excluding hydrogens is 313 g/mol. The van der Waals surface area contributed by atoms with Gasteiger partial charge in [0.1, 0.15) is 0 Å². The van der Waals surface area contributed by atoms with Crippen LogP contribution in [0.1, 0.15) is 22.3 Å². The van der Waals surface area contributed by atoms with Crippen LogP contribution in [0.3, 0.4) is 0 Å². The molecule has 0 bridgehead atoms. The van der Waals surface area contributed by atoms with Gasteiger partial charge in [0.15, 0.2) is 11.7 Å². The summed E-state index contributed by atoms with van der Waals surface area (Å²) in [5.74, 6) is -3.50. The molecule has 0 spiro atoms. The van der Waals surface area contributed by atoms with E-state index in [1.54, 1.807) is 0 Å². The molecular formula is C15H15F3N2O3. The van der Waals surface area contributed by atoms with Gasteiger partial charge in [-0.3, -0.25) is 9.59 Å². The highest BCUT2D eigenvalue weighted by Gasteiger charge is 2.33. The summed E-state index contributed by atoms with van der Waals surface area (Å²) in [6.45, 7) is 0.583. The third-order valence-electron chi connectivity index (χ3n) is 2.95. The molecule has 0 fully saturated rings. The van der Waals surface area contributed by atoms with Crippen molar-refractivity contribution in [3.8, 4) is 6.07 Å². The second kappa shape index (κ2) is 8.29. The van der Waals surface area contributed by atoms with E-state index in [0.29, 0.717) is 19.1 Å². The molecule has 0 heterocycles. The third kappa shape index (κ3) is 5.38. The smallest absolute Gasteiger partial charge is 0.385 e. The summed E-state index contributed by atoms with van der Waals surface area (Å²) in [6.07, 6.45) is -4.13. The minimum absolute atomic E-state index is 0.195. The van der Waals surface area contributed by atoms with E-state index in [2.05, 4.69) is 5.32 Å². The SMILES string of the molecule is COCCCNC(=O)[C@@H](C#N)C(=O)c1cccc(C(F)(F)F)c1. The van der Waals surface area contributed by atoms with Crippen LogP contribution in [0.4, 0.5) is 13.2 Å². The van der Waals surface area contributed by atoms with E-state index in [1.165, 1.54) is 13.2 Å². The van der Waals surface area contributed by atoms with Gasteiger partial charge in [-0.05, 0) is 18.6 Å². The Morgan fingerprint density at radius 1 is 1.39 bits per heavy atom. The first kappa shape index (κ1) is 18.6. The summed E-state index contributed by atoms with van der Waals surface area (Å²) >= 11 is 0. The van der Waals surface area contributed by atoms with Gasteiger partial charge in [-0.1, -0.05) is 12.1 Å². The molecule has 124 valence electrons. The largest absolute Gasteiger partial charge is 0.416 e. The maximum atomic E-state index is 12.6. The van der Waals surface area contributed by atoms with E-state index >= 15 is 0 Å². The Morgan fingerprint density at radius 3 is 2.65 bits per heavy atom. The van der Waals surface area contributed by atoms with Gasteiger partial charge in [0.25, 0.3) is 0 Å². The molecule has 1 aromatic carbocycles. The summed E-state index contributed by atoms with van der Waals surface area (Å²) in [5, 5.41) is 11.4. The van der Waals surface area contributed by atoms with Crippen molar-refractivity contribution in [1.82, 2.24) is 5.32 Å². The topological polar surface area (TPSA) is 79.2 Å². The summed E-state index contributed by atoms with van der Waals surface area (Å²) in [7, 11) is 1.48. The number of hydrogen-bond donors (Lipinski definition) is 1. The highest BCUT2D eigenvalue weighted by atomic mass is 19.4. The van der Waals surface area contributed by atoms with Crippen molar-refractivity contribution in [3.05, 3.63) is 35.4 Å². The number of halogens is 3. The molecule has 0 saturated carbocycles. The van der Waals surface area contributed by atoms with Crippen molar-refractivity contribution < 1.29 is 27.5 Å². The minimum atomic E-state index is -4.61. The number of nitrogens with one attached hydrogen (secondary N) is 1. The normalized spacial score (nSPS) is 12.3. The van der Waals surface area contributed by atoms with Gasteiger partial charge in [-0.15, -0.1) is 0 Å². The maximum absolute atomic E-state index is 12.6. The molecule has 5 nitrogen and oxygen atoms in total. The van der Waals surface area contributed by atoms with Gasteiger partial charge in [0.2, 0.25) is 5.91 Å². The van der Waals surface area contributed by atoms with Crippen LogP contribution >= 0.6 is 0 Å². The molecule has 1 atom stereocenters. The number of ketones is 1. The second-order valence-corrected chi connectivity index (χ2v) is 4.64. The van der Waals surface area contributed by atoms with E-state index in [9.17, 15) is 22.8 Å². The van der Waals surface area contributed by atoms with Crippen LogP contribution in [0.2, 0.25) is 0 Å². The quantitative estimate of drug-likeness (QED) is 0.473. The lowest BCUT2D eigenvalue weighted by Gasteiger charge is -2.11. The lowest BCUT2D eigenvalue weighted by molar-refractivity contribution is -0.137. The molecule has 1 rings (SSSR count). The highest BCUT2D eigenvalue weighted by molar-refractivity contribution is 6.12. The predicted octanol–water partition coefficient (Wildman–Crippen LogP) is 2.18. The first-order valence-corrected chi connectivity index (χ1v) is 6.69. The molecule has 8 heteroatoms. The van der Waals surface area contributed by atoms with Crippen molar-refractivity contribution in [2.45, 2.75) is 12.6 Å². The van der Waals surface area contributed by atoms with Crippen LogP contribution in [0.5, 0.6) is 0 Å². The zero-order valence-corrected chi connectivity index (χ0v) is 12.3. The van der Waals surface area contributed by atoms with E-state index in [0.717, 1.165) is 18.2 Å². The lowest BCUT2D eigenvalue weighted by Crippen LogP contribution is -2.35. The summed E-state index contributed by atoms with van der Waals surface area (Å²) in [6, 6.07) is 5.16. The first-order valence-electron chi connectivity index (χ1n) is 6.69. The molecule has 0 radical (unpaired) electrons. The Labute approximate surface area is 131 Å². The van der Waals surface area contributed by atoms with Crippen molar-refractivity contribution in [2.24, 2.45) is 5.92 Å². The van der Waals surface area contributed by atoms with Crippen molar-refractivity contribution in [3.63, 3.8) is 0 Å². The number of nitriles is 1. The van der Waals surface area contributed by atoms with Gasteiger partial charge < -0.3 is 10.1 Å². The predicted molar refractivity (Wildman–Crippen MR) is 74.4 cm³/mol. The van der Waals surface area contributed by atoms with Crippen molar-refractivity contribution in [1.29, 1.82) is 5.26 Å². The number of hydrogen-bond acceptors (Lipinski definition) is 4. The highest BCUT2D eigenvalue weighted by Crippen LogP contribution is 2.30. The number of methoxy groups -OCH3 is 1. The summed E-state index contributed by atoms with van der Waals surface area (Å²) in [4.78, 5) is 23.9. The van der Waals surface area contributed by atoms with Gasteiger partial charge in [0, 0.05) is 25.8 Å². The molecule has 0 aliphatic rings. The number of carbonyl (C=O) groups excluding carboxylic acids is 2. The number of alkyl halides is 3. The van der Waals surface area contributed by atoms with Crippen LogP contribution in [-0.2, 0) is 15.7 Å². The molecule has 0 aliphatic heterocycles. The molecule has 0 aromatic heterocycles. The molecule has 0 unspecified atom stereocenters. The summed E-state index contributed by atoms with van der Waals surface area (Å²) < 4.78 is 42.7. The van der Waals surface area contributed by atoms with Crippen LogP contribution in [0.15, 0.2) is 24.3 Å². The van der Waals surface area contributed by atoms with Crippen LogP contribution in [-0.4, -0.2) is 32.0 Å². The first-order chi connectivity index (χ1) is 10.8. The fourth-order valence-electron chi connectivity index (χ4n) is 1.78. The van der Waals surface area contributed by atoms with Gasteiger partial charge in [-0.2, -0.15) is 18.4 Å². The van der Waals surface area contributed by atoms with E-state index in [-0.39, 0.29) is 12.1 Å². The molecule has 0 aliphatic carbocycles. The number of carbonyl (C=O) groups is 2. The number of rotatable bonds is 7. The number of benzene rings is 1. The molecule has 23 heavy (non-hydrogen) atoms. The molecule has 1 aromatic rings. The minimum Gasteiger partial charge on any atom is -0.385 e. The summed E-state index contributed by atoms with van der Waals surface area (Å²) in [5.41, 5.74) is -1.35. The second-order valence-electron chi connectivity index (χ2n) is 4.64. The Bertz CT molecular complexity index is 609. The zero-order valence-electron chi connectivity index (χ0n) is 12.3. The van der Waals surface area contributed by atoms with Crippen molar-refractivity contribution in [2.75, 3.05) is 20.3 Å². The average Bonchev–Trinajstić information content (AvgIpc) is 2.51. The number of nitrogens with zero attached hydrogens (tertiary/aromatic N) is 1. The maximum Gasteiger partial charge on any atom is 0.416 e. The van der Waals surface area contributed by atoms with E-state index in [4.69, 9.17) is 10.00 Å². The van der Waals surface area contributed by atoms with Crippen LogP contribution < -0.4 is 5.32 Å².